The molecular weight excluding hydrogens is 182 g/mol. The summed E-state index contributed by atoms with van der Waals surface area (Å²) in [6.07, 6.45) is 0. The van der Waals surface area contributed by atoms with Gasteiger partial charge in [-0.15, -0.1) is 0 Å². The summed E-state index contributed by atoms with van der Waals surface area (Å²) in [5, 5.41) is 9.01. The van der Waals surface area contributed by atoms with E-state index in [9.17, 15) is 9.59 Å². The number of rotatable bonds is 3. The number of primary amides is 1. The monoisotopic (exact) mass is 193 g/mol. The molecule has 0 heterocycles. The van der Waals surface area contributed by atoms with Crippen LogP contribution in [0, 0.1) is 0 Å². The number of Topliss-reactive ketones (excluding diaryl/α,β-unsaturated/α-hetero) is 1. The summed E-state index contributed by atoms with van der Waals surface area (Å²) in [5.41, 5.74) is 5.59. The van der Waals surface area contributed by atoms with Crippen molar-refractivity contribution >= 4 is 11.7 Å². The van der Waals surface area contributed by atoms with Crippen LogP contribution in [0.1, 0.15) is 18.4 Å². The van der Waals surface area contributed by atoms with Gasteiger partial charge in [-0.3, -0.25) is 9.59 Å². The summed E-state index contributed by atoms with van der Waals surface area (Å²) in [6, 6.07) is 5.83. The molecule has 0 radical (unpaired) electrons. The lowest BCUT2D eigenvalue weighted by Crippen LogP contribution is -2.26. The third-order valence-electron chi connectivity index (χ3n) is 1.92. The second kappa shape index (κ2) is 3.91. The first-order chi connectivity index (χ1) is 6.52. The lowest BCUT2D eigenvalue weighted by Gasteiger charge is -2.09. The fraction of sp³-hybridized carbons (Fsp3) is 0.200. The van der Waals surface area contributed by atoms with Gasteiger partial charge in [0.1, 0.15) is 17.5 Å². The van der Waals surface area contributed by atoms with Crippen LogP contribution in [-0.2, 0) is 9.59 Å². The summed E-state index contributed by atoms with van der Waals surface area (Å²) in [4.78, 5) is 22.1. The zero-order chi connectivity index (χ0) is 10.7. The lowest BCUT2D eigenvalue weighted by atomic mass is 9.95. The van der Waals surface area contributed by atoms with Gasteiger partial charge in [-0.25, -0.2) is 0 Å². The molecule has 14 heavy (non-hydrogen) atoms. The van der Waals surface area contributed by atoms with E-state index in [0.717, 1.165) is 0 Å². The molecule has 0 saturated heterocycles. The van der Waals surface area contributed by atoms with Crippen LogP contribution in [0.4, 0.5) is 0 Å². The Morgan fingerprint density at radius 2 is 1.79 bits per heavy atom. The Morgan fingerprint density at radius 1 is 1.29 bits per heavy atom. The average Bonchev–Trinajstić information content (AvgIpc) is 2.07. The minimum absolute atomic E-state index is 0.0838. The van der Waals surface area contributed by atoms with Gasteiger partial charge in [0.05, 0.1) is 0 Å². The van der Waals surface area contributed by atoms with Gasteiger partial charge in [0.25, 0.3) is 0 Å². The minimum atomic E-state index is -0.921. The quantitative estimate of drug-likeness (QED) is 0.688. The van der Waals surface area contributed by atoms with E-state index in [-0.39, 0.29) is 11.5 Å². The average molecular weight is 193 g/mol. The number of aromatic hydroxyl groups is 1. The Hall–Kier alpha value is -1.84. The number of ketones is 1. The van der Waals surface area contributed by atoms with E-state index in [2.05, 4.69) is 0 Å². The summed E-state index contributed by atoms with van der Waals surface area (Å²) in [5.74, 6) is -1.82. The Balaban J connectivity index is 3.06. The number of phenolic OH excluding ortho intramolecular Hbond substituents is 1. The Morgan fingerprint density at radius 3 is 2.14 bits per heavy atom. The number of phenols is 1. The molecule has 1 atom stereocenters. The van der Waals surface area contributed by atoms with Crippen molar-refractivity contribution in [1.29, 1.82) is 0 Å². The number of carbonyl (C=O) groups excluding carboxylic acids is 2. The SMILES string of the molecule is CC(=O)C(C(N)=O)c1ccc(O)cc1. The van der Waals surface area contributed by atoms with Crippen molar-refractivity contribution < 1.29 is 14.7 Å². The van der Waals surface area contributed by atoms with Crippen LogP contribution in [0.15, 0.2) is 24.3 Å². The number of benzene rings is 1. The zero-order valence-corrected chi connectivity index (χ0v) is 7.73. The number of hydrogen-bond donors (Lipinski definition) is 2. The van der Waals surface area contributed by atoms with Crippen molar-refractivity contribution in [1.82, 2.24) is 0 Å². The molecule has 1 amide bonds. The van der Waals surface area contributed by atoms with E-state index in [1.165, 1.54) is 31.2 Å². The summed E-state index contributed by atoms with van der Waals surface area (Å²) >= 11 is 0. The highest BCUT2D eigenvalue weighted by Gasteiger charge is 2.22. The van der Waals surface area contributed by atoms with Crippen LogP contribution in [0.3, 0.4) is 0 Å². The molecule has 1 unspecified atom stereocenters. The molecule has 0 fully saturated rings. The van der Waals surface area contributed by atoms with Gasteiger partial charge >= 0.3 is 0 Å². The minimum Gasteiger partial charge on any atom is -0.508 e. The van der Waals surface area contributed by atoms with E-state index >= 15 is 0 Å². The van der Waals surface area contributed by atoms with E-state index in [1.54, 1.807) is 0 Å². The van der Waals surface area contributed by atoms with Crippen LogP contribution in [0.2, 0.25) is 0 Å². The van der Waals surface area contributed by atoms with Gasteiger partial charge in [-0.2, -0.15) is 0 Å². The Bertz CT molecular complexity index is 342. The van der Waals surface area contributed by atoms with Gasteiger partial charge in [-0.1, -0.05) is 12.1 Å². The van der Waals surface area contributed by atoms with Crippen LogP contribution in [-0.4, -0.2) is 16.8 Å². The summed E-state index contributed by atoms with van der Waals surface area (Å²) < 4.78 is 0. The third-order valence-corrected chi connectivity index (χ3v) is 1.92. The molecule has 0 bridgehead atoms. The topological polar surface area (TPSA) is 80.4 Å². The molecular formula is C10H11NO3. The van der Waals surface area contributed by atoms with Gasteiger partial charge in [0, 0.05) is 0 Å². The molecule has 0 saturated carbocycles. The largest absolute Gasteiger partial charge is 0.508 e. The molecule has 74 valence electrons. The van der Waals surface area contributed by atoms with Crippen LogP contribution < -0.4 is 5.73 Å². The van der Waals surface area contributed by atoms with Gasteiger partial charge in [0.2, 0.25) is 5.91 Å². The van der Waals surface area contributed by atoms with E-state index < -0.39 is 11.8 Å². The van der Waals surface area contributed by atoms with Crippen molar-refractivity contribution in [3.63, 3.8) is 0 Å². The van der Waals surface area contributed by atoms with Crippen molar-refractivity contribution in [2.75, 3.05) is 0 Å². The first-order valence-corrected chi connectivity index (χ1v) is 4.11. The molecule has 0 spiro atoms. The van der Waals surface area contributed by atoms with Crippen LogP contribution in [0.5, 0.6) is 5.75 Å². The maximum absolute atomic E-state index is 11.1. The molecule has 1 aromatic rings. The standard InChI is InChI=1S/C10H11NO3/c1-6(12)9(10(11)14)7-2-4-8(13)5-3-7/h2-5,9,13H,1H3,(H2,11,14). The Kier molecular flexibility index (Phi) is 2.86. The zero-order valence-electron chi connectivity index (χ0n) is 7.73. The third kappa shape index (κ3) is 2.10. The lowest BCUT2D eigenvalue weighted by molar-refractivity contribution is -0.127. The fourth-order valence-corrected chi connectivity index (χ4v) is 1.27. The second-order valence-electron chi connectivity index (χ2n) is 3.04. The molecule has 1 rings (SSSR count). The number of carbonyl (C=O) groups is 2. The van der Waals surface area contributed by atoms with Crippen molar-refractivity contribution in [2.24, 2.45) is 5.73 Å². The molecule has 0 aliphatic carbocycles. The highest BCUT2D eigenvalue weighted by atomic mass is 16.3. The Labute approximate surface area is 81.3 Å². The number of amides is 1. The molecule has 1 aromatic carbocycles. The van der Waals surface area contributed by atoms with Crippen molar-refractivity contribution in [3.05, 3.63) is 29.8 Å². The smallest absolute Gasteiger partial charge is 0.232 e. The van der Waals surface area contributed by atoms with Gasteiger partial charge in [0.15, 0.2) is 0 Å². The molecule has 4 nitrogen and oxygen atoms in total. The first kappa shape index (κ1) is 10.2. The van der Waals surface area contributed by atoms with Gasteiger partial charge < -0.3 is 10.8 Å². The van der Waals surface area contributed by atoms with Gasteiger partial charge in [-0.05, 0) is 24.6 Å². The highest BCUT2D eigenvalue weighted by Crippen LogP contribution is 2.19. The molecule has 0 aliphatic heterocycles. The van der Waals surface area contributed by atoms with E-state index in [1.807, 2.05) is 0 Å². The number of nitrogens with two attached hydrogens (primary N) is 1. The van der Waals surface area contributed by atoms with Crippen LogP contribution >= 0.6 is 0 Å². The van der Waals surface area contributed by atoms with Crippen molar-refractivity contribution in [2.45, 2.75) is 12.8 Å². The fourth-order valence-electron chi connectivity index (χ4n) is 1.27. The summed E-state index contributed by atoms with van der Waals surface area (Å²) in [7, 11) is 0. The van der Waals surface area contributed by atoms with Crippen LogP contribution in [0.25, 0.3) is 0 Å². The van der Waals surface area contributed by atoms with E-state index in [0.29, 0.717) is 5.56 Å². The highest BCUT2D eigenvalue weighted by molar-refractivity contribution is 6.04. The maximum atomic E-state index is 11.1. The summed E-state index contributed by atoms with van der Waals surface area (Å²) in [6.45, 7) is 1.31. The molecule has 0 aliphatic rings. The second-order valence-corrected chi connectivity index (χ2v) is 3.04. The predicted octanol–water partition coefficient (Wildman–Crippen LogP) is 0.550. The predicted molar refractivity (Wildman–Crippen MR) is 50.7 cm³/mol. The van der Waals surface area contributed by atoms with Crippen molar-refractivity contribution in [3.8, 4) is 5.75 Å². The first-order valence-electron chi connectivity index (χ1n) is 4.11. The molecule has 3 N–H and O–H groups in total. The maximum Gasteiger partial charge on any atom is 0.232 e. The normalized spacial score (nSPS) is 12.1. The number of hydrogen-bond acceptors (Lipinski definition) is 3. The molecule has 4 heteroatoms. The van der Waals surface area contributed by atoms with E-state index in [4.69, 9.17) is 10.8 Å². The molecule has 0 aromatic heterocycles.